The summed E-state index contributed by atoms with van der Waals surface area (Å²) in [6.07, 6.45) is 0. The summed E-state index contributed by atoms with van der Waals surface area (Å²) in [5, 5.41) is 14.2. The minimum Gasteiger partial charge on any atom is -0.480 e. The van der Waals surface area contributed by atoms with Crippen LogP contribution in [0.15, 0.2) is 5.38 Å². The zero-order chi connectivity index (χ0) is 14.3. The van der Waals surface area contributed by atoms with Gasteiger partial charge in [0.2, 0.25) is 5.91 Å². The second-order valence-corrected chi connectivity index (χ2v) is 5.81. The van der Waals surface area contributed by atoms with Gasteiger partial charge in [-0.1, -0.05) is 0 Å². The maximum Gasteiger partial charge on any atom is 0.328 e. The van der Waals surface area contributed by atoms with Crippen LogP contribution in [0, 0.1) is 6.92 Å². The monoisotopic (exact) mass is 304 g/mol. The normalized spacial score (nSPS) is 12.1. The molecule has 1 unspecified atom stereocenters. The number of carboxylic acid groups (broad SMARTS) is 1. The third-order valence-electron chi connectivity index (χ3n) is 2.12. The van der Waals surface area contributed by atoms with Crippen LogP contribution in [0.4, 0.5) is 0 Å². The van der Waals surface area contributed by atoms with Crippen molar-refractivity contribution in [2.24, 2.45) is 0 Å². The van der Waals surface area contributed by atoms with Gasteiger partial charge in [-0.05, 0) is 6.92 Å². The van der Waals surface area contributed by atoms with Gasteiger partial charge in [-0.15, -0.1) is 23.1 Å². The van der Waals surface area contributed by atoms with Crippen LogP contribution >= 0.6 is 23.1 Å². The van der Waals surface area contributed by atoms with Gasteiger partial charge in [0.25, 0.3) is 0 Å². The van der Waals surface area contributed by atoms with Crippen LogP contribution in [0.3, 0.4) is 0 Å². The number of amides is 1. The van der Waals surface area contributed by atoms with Crippen molar-refractivity contribution in [1.82, 2.24) is 10.3 Å². The zero-order valence-electron chi connectivity index (χ0n) is 10.7. The molecule has 0 bridgehead atoms. The molecule has 1 rings (SSSR count). The number of aliphatic carboxylic acids is 1. The van der Waals surface area contributed by atoms with E-state index in [0.717, 1.165) is 10.7 Å². The summed E-state index contributed by atoms with van der Waals surface area (Å²) in [5.41, 5.74) is 0.937. The Morgan fingerprint density at radius 3 is 2.89 bits per heavy atom. The Balaban J connectivity index is 2.28. The van der Waals surface area contributed by atoms with Crippen molar-refractivity contribution in [3.05, 3.63) is 16.1 Å². The van der Waals surface area contributed by atoms with E-state index in [2.05, 4.69) is 10.3 Å². The smallest absolute Gasteiger partial charge is 0.328 e. The third kappa shape index (κ3) is 6.04. The second kappa shape index (κ2) is 8.13. The van der Waals surface area contributed by atoms with Gasteiger partial charge in [-0.3, -0.25) is 4.79 Å². The van der Waals surface area contributed by atoms with Crippen LogP contribution in [0.1, 0.15) is 10.7 Å². The Hall–Kier alpha value is -1.12. The molecule has 0 spiro atoms. The maximum atomic E-state index is 11.6. The molecule has 0 saturated heterocycles. The number of methoxy groups -OCH3 is 1. The first-order valence-corrected chi connectivity index (χ1v) is 7.56. The molecule has 1 aromatic rings. The fourth-order valence-corrected chi connectivity index (χ4v) is 2.75. The molecule has 0 saturated carbocycles. The minimum atomic E-state index is -1.10. The van der Waals surface area contributed by atoms with E-state index in [1.165, 1.54) is 18.9 Å². The average Bonchev–Trinajstić information content (AvgIpc) is 2.74. The van der Waals surface area contributed by atoms with Crippen LogP contribution in [0.2, 0.25) is 0 Å². The van der Waals surface area contributed by atoms with E-state index in [1.54, 1.807) is 11.3 Å². The quantitative estimate of drug-likeness (QED) is 0.742. The molecule has 6 nitrogen and oxygen atoms in total. The number of thioether (sulfide) groups is 1. The van der Waals surface area contributed by atoms with E-state index in [4.69, 9.17) is 9.84 Å². The molecule has 0 aliphatic rings. The molecule has 106 valence electrons. The first kappa shape index (κ1) is 15.9. The molecule has 1 aromatic heterocycles. The van der Waals surface area contributed by atoms with Crippen molar-refractivity contribution >= 4 is 35.0 Å². The van der Waals surface area contributed by atoms with E-state index < -0.39 is 12.0 Å². The Morgan fingerprint density at radius 2 is 2.37 bits per heavy atom. The predicted octanol–water partition coefficient (Wildman–Crippen LogP) is 0.901. The van der Waals surface area contributed by atoms with E-state index in [0.29, 0.717) is 5.75 Å². The zero-order valence-corrected chi connectivity index (χ0v) is 12.3. The highest BCUT2D eigenvalue weighted by Crippen LogP contribution is 2.14. The summed E-state index contributed by atoms with van der Waals surface area (Å²) >= 11 is 2.96. The molecule has 1 heterocycles. The second-order valence-electron chi connectivity index (χ2n) is 3.76. The van der Waals surface area contributed by atoms with Crippen LogP contribution < -0.4 is 5.32 Å². The number of nitrogens with one attached hydrogen (secondary N) is 1. The van der Waals surface area contributed by atoms with Gasteiger partial charge >= 0.3 is 5.97 Å². The Bertz CT molecular complexity index is 436. The number of carbonyl (C=O) groups excluding carboxylic acids is 1. The van der Waals surface area contributed by atoms with Crippen molar-refractivity contribution < 1.29 is 19.4 Å². The number of hydrogen-bond donors (Lipinski definition) is 2. The number of hydrogen-bond acceptors (Lipinski definition) is 6. The highest BCUT2D eigenvalue weighted by molar-refractivity contribution is 7.99. The number of carboxylic acids is 1. The summed E-state index contributed by atoms with van der Waals surface area (Å²) in [6, 6.07) is -1.00. The Morgan fingerprint density at radius 1 is 1.63 bits per heavy atom. The number of aryl methyl sites for hydroxylation is 1. The fourth-order valence-electron chi connectivity index (χ4n) is 1.30. The lowest BCUT2D eigenvalue weighted by atomic mass is 10.3. The van der Waals surface area contributed by atoms with E-state index in [-0.39, 0.29) is 18.3 Å². The molecular formula is C11H16N2O4S2. The molecule has 0 aliphatic heterocycles. The number of rotatable bonds is 8. The van der Waals surface area contributed by atoms with E-state index in [1.807, 2.05) is 12.3 Å². The SMILES string of the molecule is COCC(NC(=O)CSCc1csc(C)n1)C(=O)O. The fraction of sp³-hybridized carbons (Fsp3) is 0.545. The Kier molecular flexibility index (Phi) is 6.82. The topological polar surface area (TPSA) is 88.5 Å². The first-order chi connectivity index (χ1) is 9.02. The van der Waals surface area contributed by atoms with Crippen molar-refractivity contribution in [3.63, 3.8) is 0 Å². The molecular weight excluding hydrogens is 288 g/mol. The minimum absolute atomic E-state index is 0.0446. The summed E-state index contributed by atoms with van der Waals surface area (Å²) < 4.78 is 4.73. The Labute approximate surface area is 119 Å². The van der Waals surface area contributed by atoms with Gasteiger partial charge in [0, 0.05) is 18.2 Å². The number of thiazole rings is 1. The first-order valence-electron chi connectivity index (χ1n) is 5.52. The van der Waals surface area contributed by atoms with Crippen LogP contribution in [-0.4, -0.2) is 47.5 Å². The van der Waals surface area contributed by atoms with Gasteiger partial charge in [0.05, 0.1) is 23.1 Å². The molecule has 0 aromatic carbocycles. The van der Waals surface area contributed by atoms with E-state index in [9.17, 15) is 9.59 Å². The molecule has 0 radical (unpaired) electrons. The van der Waals surface area contributed by atoms with Gasteiger partial charge in [-0.25, -0.2) is 9.78 Å². The third-order valence-corrected chi connectivity index (χ3v) is 3.90. The standard InChI is InChI=1S/C11H16N2O4S2/c1-7-12-8(5-19-7)4-18-6-10(14)13-9(3-17-2)11(15)16/h5,9H,3-4,6H2,1-2H3,(H,13,14)(H,15,16). The summed E-state index contributed by atoms with van der Waals surface area (Å²) in [7, 11) is 1.39. The largest absolute Gasteiger partial charge is 0.480 e. The summed E-state index contributed by atoms with van der Waals surface area (Å²) in [6.45, 7) is 1.88. The highest BCUT2D eigenvalue weighted by atomic mass is 32.2. The molecule has 8 heteroatoms. The number of ether oxygens (including phenoxy) is 1. The summed E-state index contributed by atoms with van der Waals surface area (Å²) in [5.74, 6) is -0.583. The predicted molar refractivity (Wildman–Crippen MR) is 74.5 cm³/mol. The van der Waals surface area contributed by atoms with Crippen LogP contribution in [0.25, 0.3) is 0 Å². The molecule has 1 amide bonds. The van der Waals surface area contributed by atoms with Gasteiger partial charge in [0.1, 0.15) is 0 Å². The van der Waals surface area contributed by atoms with Crippen LogP contribution in [0.5, 0.6) is 0 Å². The molecule has 1 atom stereocenters. The lowest BCUT2D eigenvalue weighted by Crippen LogP contribution is -2.44. The molecule has 19 heavy (non-hydrogen) atoms. The molecule has 0 aliphatic carbocycles. The average molecular weight is 304 g/mol. The molecule has 2 N–H and O–H groups in total. The number of carbonyl (C=O) groups is 2. The van der Waals surface area contributed by atoms with Gasteiger partial charge in [-0.2, -0.15) is 0 Å². The molecule has 0 fully saturated rings. The lowest BCUT2D eigenvalue weighted by Gasteiger charge is -2.12. The summed E-state index contributed by atoms with van der Waals surface area (Å²) in [4.78, 5) is 26.7. The van der Waals surface area contributed by atoms with E-state index >= 15 is 0 Å². The lowest BCUT2D eigenvalue weighted by molar-refractivity contribution is -0.142. The van der Waals surface area contributed by atoms with Crippen molar-refractivity contribution in [1.29, 1.82) is 0 Å². The van der Waals surface area contributed by atoms with Crippen molar-refractivity contribution in [2.75, 3.05) is 19.5 Å². The van der Waals surface area contributed by atoms with Gasteiger partial charge in [0.15, 0.2) is 6.04 Å². The van der Waals surface area contributed by atoms with Crippen LogP contribution in [-0.2, 0) is 20.1 Å². The van der Waals surface area contributed by atoms with Gasteiger partial charge < -0.3 is 15.2 Å². The number of aromatic nitrogens is 1. The maximum absolute atomic E-state index is 11.6. The van der Waals surface area contributed by atoms with Crippen molar-refractivity contribution in [2.45, 2.75) is 18.7 Å². The number of nitrogens with zero attached hydrogens (tertiary/aromatic N) is 1. The van der Waals surface area contributed by atoms with Crippen molar-refractivity contribution in [3.8, 4) is 0 Å². The highest BCUT2D eigenvalue weighted by Gasteiger charge is 2.19.